The number of pyridine rings is 1. The van der Waals surface area contributed by atoms with E-state index in [9.17, 15) is 4.79 Å². The molecule has 0 bridgehead atoms. The Hall–Kier alpha value is -0.908. The van der Waals surface area contributed by atoms with Gasteiger partial charge in [0.2, 0.25) is 0 Å². The van der Waals surface area contributed by atoms with Gasteiger partial charge in [-0.15, -0.1) is 0 Å². The summed E-state index contributed by atoms with van der Waals surface area (Å²) < 4.78 is 0. The minimum Gasteiger partial charge on any atom is -0.292 e. The van der Waals surface area contributed by atoms with Crippen LogP contribution < -0.4 is 0 Å². The first kappa shape index (κ1) is 9.18. The fourth-order valence-electron chi connectivity index (χ4n) is 1.17. The van der Waals surface area contributed by atoms with Crippen LogP contribution in [-0.2, 0) is 0 Å². The van der Waals surface area contributed by atoms with E-state index in [1.807, 2.05) is 24.3 Å². The van der Waals surface area contributed by atoms with Crippen molar-refractivity contribution < 1.29 is 4.79 Å². The van der Waals surface area contributed by atoms with Crippen LogP contribution in [0.1, 0.15) is 22.5 Å². The number of carbonyl (C=O) groups excluding carboxylic acids is 1. The predicted octanol–water partition coefficient (Wildman–Crippen LogP) is 1.30. The quantitative estimate of drug-likeness (QED) is 0.552. The summed E-state index contributed by atoms with van der Waals surface area (Å²) in [5.74, 6) is 0.114. The maximum atomic E-state index is 11.2. The van der Waals surface area contributed by atoms with Crippen molar-refractivity contribution in [1.82, 2.24) is 4.98 Å². The fourth-order valence-corrected chi connectivity index (χ4v) is 1.17. The zero-order valence-corrected chi connectivity index (χ0v) is 7.68. The summed E-state index contributed by atoms with van der Waals surface area (Å²) in [5, 5.41) is 0. The first-order chi connectivity index (χ1) is 5.38. The Morgan fingerprint density at radius 2 is 2.25 bits per heavy atom. The summed E-state index contributed by atoms with van der Waals surface area (Å²) in [5.41, 5.74) is 1.54. The molecular weight excluding hydrogens is 165 g/mol. The molecule has 1 aromatic rings. The van der Waals surface area contributed by atoms with Crippen molar-refractivity contribution in [2.45, 2.75) is 6.42 Å². The van der Waals surface area contributed by atoms with Crippen LogP contribution in [-0.4, -0.2) is 28.1 Å². The molecule has 0 unspecified atom stereocenters. The number of aromatic nitrogens is 1. The second-order valence-corrected chi connectivity index (χ2v) is 2.47. The van der Waals surface area contributed by atoms with Crippen molar-refractivity contribution >= 4 is 29.2 Å². The molecule has 0 atom stereocenters. The summed E-state index contributed by atoms with van der Waals surface area (Å²) in [6, 6.07) is 3.73. The molecule has 0 aromatic carbocycles. The van der Waals surface area contributed by atoms with E-state index in [0.29, 0.717) is 12.1 Å². The van der Waals surface area contributed by atoms with Crippen LogP contribution in [0.25, 0.3) is 6.08 Å². The average molecular weight is 172 g/mol. The number of hydrogen-bond donors (Lipinski definition) is 0. The third-order valence-electron chi connectivity index (χ3n) is 1.70. The molecule has 0 spiro atoms. The van der Waals surface area contributed by atoms with Gasteiger partial charge in [0.15, 0.2) is 5.78 Å². The van der Waals surface area contributed by atoms with Crippen LogP contribution in [0.5, 0.6) is 0 Å². The first-order valence-electron chi connectivity index (χ1n) is 3.53. The van der Waals surface area contributed by atoms with E-state index in [4.69, 9.17) is 0 Å². The second-order valence-electron chi connectivity index (χ2n) is 2.47. The second kappa shape index (κ2) is 3.66. The maximum Gasteiger partial charge on any atom is 3.00 e. The van der Waals surface area contributed by atoms with Gasteiger partial charge in [0, 0.05) is 18.2 Å². The number of rotatable bonds is 0. The van der Waals surface area contributed by atoms with E-state index >= 15 is 0 Å². The van der Waals surface area contributed by atoms with Crippen LogP contribution in [0.2, 0.25) is 0 Å². The number of allylic oxidation sites excluding steroid dienone is 1. The third-order valence-corrected chi connectivity index (χ3v) is 1.70. The van der Waals surface area contributed by atoms with Gasteiger partial charge in [-0.3, -0.25) is 9.78 Å². The number of nitrogens with zero attached hydrogens (tertiary/aromatic N) is 1. The molecule has 1 aliphatic rings. The Kier molecular flexibility index (Phi) is 2.80. The SMILES string of the molecule is O=C1CC=Cc2cccnc21.[Al+3]. The molecular formula is C9H7AlNO+3. The molecule has 12 heavy (non-hydrogen) atoms. The molecule has 2 rings (SSSR count). The van der Waals surface area contributed by atoms with Crippen molar-refractivity contribution in [3.63, 3.8) is 0 Å². The summed E-state index contributed by atoms with van der Waals surface area (Å²) >= 11 is 0. The normalized spacial score (nSPS) is 13.5. The van der Waals surface area contributed by atoms with Crippen molar-refractivity contribution in [2.24, 2.45) is 0 Å². The van der Waals surface area contributed by atoms with Crippen molar-refractivity contribution in [3.8, 4) is 0 Å². The predicted molar refractivity (Wildman–Crippen MR) is 48.0 cm³/mol. The number of ketones is 1. The maximum absolute atomic E-state index is 11.2. The Labute approximate surface area is 81.5 Å². The van der Waals surface area contributed by atoms with E-state index in [2.05, 4.69) is 4.98 Å². The van der Waals surface area contributed by atoms with Crippen molar-refractivity contribution in [2.75, 3.05) is 0 Å². The fraction of sp³-hybridized carbons (Fsp3) is 0.111. The topological polar surface area (TPSA) is 30.0 Å². The summed E-state index contributed by atoms with van der Waals surface area (Å²) in [6.45, 7) is 0. The van der Waals surface area contributed by atoms with Gasteiger partial charge in [-0.2, -0.15) is 0 Å². The molecule has 1 aliphatic carbocycles. The van der Waals surface area contributed by atoms with E-state index in [1.165, 1.54) is 0 Å². The summed E-state index contributed by atoms with van der Waals surface area (Å²) in [4.78, 5) is 15.2. The molecule has 0 N–H and O–H groups in total. The molecule has 0 aliphatic heterocycles. The molecule has 54 valence electrons. The molecule has 0 saturated carbocycles. The molecule has 0 saturated heterocycles. The Balaban J connectivity index is 0.000000720. The monoisotopic (exact) mass is 172 g/mol. The number of Topliss-reactive ketones (excluding diaryl/α,β-unsaturated/α-hetero) is 1. The van der Waals surface area contributed by atoms with Crippen molar-refractivity contribution in [3.05, 3.63) is 35.7 Å². The molecule has 0 fully saturated rings. The van der Waals surface area contributed by atoms with Crippen LogP contribution in [0.4, 0.5) is 0 Å². The minimum absolute atomic E-state index is 0. The van der Waals surface area contributed by atoms with Gasteiger partial charge in [-0.1, -0.05) is 18.2 Å². The Morgan fingerprint density at radius 1 is 1.42 bits per heavy atom. The Morgan fingerprint density at radius 3 is 3.00 bits per heavy atom. The number of carbonyl (C=O) groups is 1. The van der Waals surface area contributed by atoms with Gasteiger partial charge < -0.3 is 0 Å². The summed E-state index contributed by atoms with van der Waals surface area (Å²) in [6.07, 6.45) is 5.94. The molecule has 0 radical (unpaired) electrons. The number of hydrogen-bond acceptors (Lipinski definition) is 2. The Bertz CT molecular complexity index is 333. The van der Waals surface area contributed by atoms with Gasteiger partial charge in [-0.05, 0) is 6.07 Å². The van der Waals surface area contributed by atoms with E-state index in [0.717, 1.165) is 5.56 Å². The largest absolute Gasteiger partial charge is 3.00 e. The smallest absolute Gasteiger partial charge is 0.292 e. The molecule has 3 heteroatoms. The minimum atomic E-state index is 0. The molecule has 0 amide bonds. The van der Waals surface area contributed by atoms with Gasteiger partial charge in [0.25, 0.3) is 0 Å². The van der Waals surface area contributed by atoms with Gasteiger partial charge in [-0.25, -0.2) is 0 Å². The molecule has 1 heterocycles. The van der Waals surface area contributed by atoms with Crippen LogP contribution in [0.15, 0.2) is 24.4 Å². The zero-order valence-electron chi connectivity index (χ0n) is 6.53. The average Bonchev–Trinajstić information content (AvgIpc) is 2.06. The zero-order chi connectivity index (χ0) is 7.68. The van der Waals surface area contributed by atoms with Crippen LogP contribution in [0.3, 0.4) is 0 Å². The summed E-state index contributed by atoms with van der Waals surface area (Å²) in [7, 11) is 0. The van der Waals surface area contributed by atoms with E-state index in [-0.39, 0.29) is 23.1 Å². The van der Waals surface area contributed by atoms with E-state index in [1.54, 1.807) is 6.20 Å². The first-order valence-corrected chi connectivity index (χ1v) is 3.53. The molecule has 2 nitrogen and oxygen atoms in total. The molecule has 1 aromatic heterocycles. The van der Waals surface area contributed by atoms with E-state index < -0.39 is 0 Å². The van der Waals surface area contributed by atoms with Crippen LogP contribution >= 0.6 is 0 Å². The standard InChI is InChI=1S/C9H7NO.Al/c11-8-5-1-3-7-4-2-6-10-9(7)8;/h1-4,6H,5H2;/q;+3. The number of fused-ring (bicyclic) bond motifs is 1. The van der Waals surface area contributed by atoms with Crippen molar-refractivity contribution in [1.29, 1.82) is 0 Å². The van der Waals surface area contributed by atoms with Gasteiger partial charge in [0.1, 0.15) is 5.69 Å². The van der Waals surface area contributed by atoms with Gasteiger partial charge in [0.05, 0.1) is 0 Å². The van der Waals surface area contributed by atoms with Crippen LogP contribution in [0, 0.1) is 0 Å². The third kappa shape index (κ3) is 1.47. The van der Waals surface area contributed by atoms with Gasteiger partial charge >= 0.3 is 17.4 Å².